The highest BCUT2D eigenvalue weighted by atomic mass is 35.5. The van der Waals surface area contributed by atoms with Crippen LogP contribution in [0.3, 0.4) is 0 Å². The summed E-state index contributed by atoms with van der Waals surface area (Å²) in [6.45, 7) is 0. The lowest BCUT2D eigenvalue weighted by molar-refractivity contribution is 0.415. The number of halogens is 4. The zero-order chi connectivity index (χ0) is 14.0. The second-order valence-electron chi connectivity index (χ2n) is 3.93. The number of methoxy groups -OCH3 is 1. The summed E-state index contributed by atoms with van der Waals surface area (Å²) in [6.07, 6.45) is 0. The van der Waals surface area contributed by atoms with Crippen molar-refractivity contribution in [3.63, 3.8) is 0 Å². The van der Waals surface area contributed by atoms with E-state index in [4.69, 9.17) is 51.1 Å². The van der Waals surface area contributed by atoms with Gasteiger partial charge in [0.05, 0.1) is 27.6 Å². The molecular weight excluding hydrogens is 326 g/mol. The van der Waals surface area contributed by atoms with E-state index >= 15 is 0 Å². The van der Waals surface area contributed by atoms with Crippen LogP contribution in [0.4, 0.5) is 0 Å². The van der Waals surface area contributed by atoms with Crippen LogP contribution in [0.15, 0.2) is 36.4 Å². The van der Waals surface area contributed by atoms with Crippen molar-refractivity contribution in [1.82, 2.24) is 0 Å². The minimum absolute atomic E-state index is 0.349. The summed E-state index contributed by atoms with van der Waals surface area (Å²) in [5.41, 5.74) is 1.73. The number of hydrogen-bond acceptors (Lipinski definition) is 1. The Morgan fingerprint density at radius 2 is 1.42 bits per heavy atom. The van der Waals surface area contributed by atoms with Crippen molar-refractivity contribution in [3.8, 4) is 5.75 Å². The van der Waals surface area contributed by atoms with E-state index in [1.807, 2.05) is 12.1 Å². The van der Waals surface area contributed by atoms with Gasteiger partial charge in [-0.3, -0.25) is 0 Å². The van der Waals surface area contributed by atoms with Crippen LogP contribution in [0.25, 0.3) is 0 Å². The Balaban J connectivity index is 2.35. The van der Waals surface area contributed by atoms with Gasteiger partial charge >= 0.3 is 0 Å². The van der Waals surface area contributed by atoms with Crippen LogP contribution in [-0.2, 0) is 0 Å². The van der Waals surface area contributed by atoms with Gasteiger partial charge < -0.3 is 4.74 Å². The van der Waals surface area contributed by atoms with Gasteiger partial charge in [0.15, 0.2) is 0 Å². The SMILES string of the molecule is COc1ccc(C(Cl)c2ccc(Cl)c(Cl)c2)cc1Cl. The normalized spacial score (nSPS) is 12.3. The molecule has 1 nitrogen and oxygen atoms in total. The van der Waals surface area contributed by atoms with Gasteiger partial charge in [0.25, 0.3) is 0 Å². The smallest absolute Gasteiger partial charge is 0.137 e. The topological polar surface area (TPSA) is 9.23 Å². The second kappa shape index (κ2) is 6.23. The largest absolute Gasteiger partial charge is 0.495 e. The first-order valence-electron chi connectivity index (χ1n) is 5.45. The summed E-state index contributed by atoms with van der Waals surface area (Å²) >= 11 is 24.4. The third-order valence-electron chi connectivity index (χ3n) is 2.70. The van der Waals surface area contributed by atoms with Crippen LogP contribution < -0.4 is 4.74 Å². The average molecular weight is 336 g/mol. The highest BCUT2D eigenvalue weighted by molar-refractivity contribution is 6.42. The molecule has 2 aromatic carbocycles. The Bertz CT molecular complexity index is 598. The van der Waals surface area contributed by atoms with Crippen LogP contribution in [0.1, 0.15) is 16.5 Å². The van der Waals surface area contributed by atoms with E-state index in [0.29, 0.717) is 20.8 Å². The first-order chi connectivity index (χ1) is 9.02. The molecule has 0 aromatic heterocycles. The lowest BCUT2D eigenvalue weighted by Crippen LogP contribution is -1.94. The van der Waals surface area contributed by atoms with Gasteiger partial charge in [-0.05, 0) is 35.4 Å². The number of ether oxygens (including phenoxy) is 1. The van der Waals surface area contributed by atoms with Crippen LogP contribution in [0.5, 0.6) is 5.75 Å². The van der Waals surface area contributed by atoms with Crippen LogP contribution >= 0.6 is 46.4 Å². The van der Waals surface area contributed by atoms with E-state index in [0.717, 1.165) is 11.1 Å². The minimum Gasteiger partial charge on any atom is -0.495 e. The molecule has 0 spiro atoms. The van der Waals surface area contributed by atoms with Crippen LogP contribution in [-0.4, -0.2) is 7.11 Å². The molecule has 0 aliphatic heterocycles. The van der Waals surface area contributed by atoms with Crippen molar-refractivity contribution in [2.45, 2.75) is 5.38 Å². The Morgan fingerprint density at radius 1 is 0.842 bits per heavy atom. The highest BCUT2D eigenvalue weighted by Crippen LogP contribution is 2.35. The fourth-order valence-corrected chi connectivity index (χ4v) is 2.55. The maximum atomic E-state index is 6.42. The molecule has 0 fully saturated rings. The van der Waals surface area contributed by atoms with E-state index < -0.39 is 0 Å². The van der Waals surface area contributed by atoms with E-state index in [1.54, 1.807) is 31.4 Å². The molecule has 1 atom stereocenters. The van der Waals surface area contributed by atoms with Gasteiger partial charge in [-0.15, -0.1) is 11.6 Å². The van der Waals surface area contributed by atoms with Gasteiger partial charge in [-0.2, -0.15) is 0 Å². The molecule has 0 heterocycles. The molecule has 100 valence electrons. The van der Waals surface area contributed by atoms with Crippen molar-refractivity contribution < 1.29 is 4.74 Å². The predicted molar refractivity (Wildman–Crippen MR) is 82.2 cm³/mol. The lowest BCUT2D eigenvalue weighted by Gasteiger charge is -2.13. The highest BCUT2D eigenvalue weighted by Gasteiger charge is 2.14. The van der Waals surface area contributed by atoms with E-state index in [9.17, 15) is 0 Å². The third-order valence-corrected chi connectivity index (χ3v) is 4.24. The van der Waals surface area contributed by atoms with Crippen LogP contribution in [0, 0.1) is 0 Å². The van der Waals surface area contributed by atoms with Crippen molar-refractivity contribution in [2.75, 3.05) is 7.11 Å². The molecule has 2 aromatic rings. The third kappa shape index (κ3) is 3.29. The molecule has 0 radical (unpaired) electrons. The Kier molecular flexibility index (Phi) is 4.86. The maximum Gasteiger partial charge on any atom is 0.137 e. The number of rotatable bonds is 3. The summed E-state index contributed by atoms with van der Waals surface area (Å²) in [7, 11) is 1.57. The first-order valence-corrected chi connectivity index (χ1v) is 7.02. The van der Waals surface area contributed by atoms with Crippen LogP contribution in [0.2, 0.25) is 15.1 Å². The van der Waals surface area contributed by atoms with E-state index in [-0.39, 0.29) is 5.38 Å². The number of benzene rings is 2. The predicted octanol–water partition coefficient (Wildman–Crippen LogP) is 5.98. The number of alkyl halides is 1. The summed E-state index contributed by atoms with van der Waals surface area (Å²) in [5, 5.41) is 1.15. The zero-order valence-electron chi connectivity index (χ0n) is 9.96. The monoisotopic (exact) mass is 334 g/mol. The molecule has 0 N–H and O–H groups in total. The summed E-state index contributed by atoms with van der Waals surface area (Å²) in [5.74, 6) is 0.614. The van der Waals surface area contributed by atoms with E-state index in [2.05, 4.69) is 0 Å². The zero-order valence-corrected chi connectivity index (χ0v) is 13.0. The fourth-order valence-electron chi connectivity index (χ4n) is 1.70. The fraction of sp³-hybridized carbons (Fsp3) is 0.143. The summed E-state index contributed by atoms with van der Waals surface area (Å²) < 4.78 is 5.11. The molecular formula is C14H10Cl4O. The standard InChI is InChI=1S/C14H10Cl4O/c1-19-13-5-3-9(7-12(13)17)14(18)8-2-4-10(15)11(16)6-8/h2-7,14H,1H3. The second-order valence-corrected chi connectivity index (χ2v) is 5.59. The molecule has 1 unspecified atom stereocenters. The summed E-state index contributed by atoms with van der Waals surface area (Å²) in [6, 6.07) is 10.7. The molecule has 0 aliphatic rings. The van der Waals surface area contributed by atoms with Crippen molar-refractivity contribution in [3.05, 3.63) is 62.6 Å². The summed E-state index contributed by atoms with van der Waals surface area (Å²) in [4.78, 5) is 0. The minimum atomic E-state index is -0.349. The van der Waals surface area contributed by atoms with Gasteiger partial charge in [0, 0.05) is 0 Å². The van der Waals surface area contributed by atoms with Crippen molar-refractivity contribution in [1.29, 1.82) is 0 Å². The van der Waals surface area contributed by atoms with Gasteiger partial charge in [-0.1, -0.05) is 46.9 Å². The number of hydrogen-bond donors (Lipinski definition) is 0. The van der Waals surface area contributed by atoms with Gasteiger partial charge in [0.2, 0.25) is 0 Å². The Morgan fingerprint density at radius 3 is 1.95 bits per heavy atom. The first kappa shape index (κ1) is 14.8. The molecule has 0 bridgehead atoms. The molecule has 0 saturated heterocycles. The van der Waals surface area contributed by atoms with Crippen molar-refractivity contribution >= 4 is 46.4 Å². The Labute approximate surface area is 132 Å². The quantitative estimate of drug-likeness (QED) is 0.626. The van der Waals surface area contributed by atoms with E-state index in [1.165, 1.54) is 0 Å². The maximum absolute atomic E-state index is 6.42. The van der Waals surface area contributed by atoms with Gasteiger partial charge in [0.1, 0.15) is 5.75 Å². The van der Waals surface area contributed by atoms with Gasteiger partial charge in [-0.25, -0.2) is 0 Å². The lowest BCUT2D eigenvalue weighted by atomic mass is 10.0. The average Bonchev–Trinajstić information content (AvgIpc) is 2.41. The van der Waals surface area contributed by atoms with Crippen molar-refractivity contribution in [2.24, 2.45) is 0 Å². The molecule has 0 saturated carbocycles. The molecule has 2 rings (SSSR count). The molecule has 0 amide bonds. The molecule has 19 heavy (non-hydrogen) atoms. The Hall–Kier alpha value is -0.600. The molecule has 5 heteroatoms. The molecule has 0 aliphatic carbocycles.